The summed E-state index contributed by atoms with van der Waals surface area (Å²) in [5.41, 5.74) is 0.261. The molecule has 19 heavy (non-hydrogen) atoms. The maximum Gasteiger partial charge on any atom is 0.0815 e. The van der Waals surface area contributed by atoms with Gasteiger partial charge in [-0.15, -0.1) is 0 Å². The molecule has 3 aliphatic rings. The molecule has 1 unspecified atom stereocenters. The van der Waals surface area contributed by atoms with Crippen molar-refractivity contribution >= 4 is 0 Å². The normalized spacial score (nSPS) is 43.6. The van der Waals surface area contributed by atoms with Gasteiger partial charge in [-0.25, -0.2) is 0 Å². The summed E-state index contributed by atoms with van der Waals surface area (Å²) < 4.78 is 5.36. The van der Waals surface area contributed by atoms with Crippen LogP contribution in [0.4, 0.5) is 0 Å². The lowest BCUT2D eigenvalue weighted by molar-refractivity contribution is -0.0672. The van der Waals surface area contributed by atoms with Crippen LogP contribution in [0.25, 0.3) is 0 Å². The molecule has 1 aliphatic heterocycles. The molecule has 2 bridgehead atoms. The molecular formula is C16H29NO2. The van der Waals surface area contributed by atoms with Crippen LogP contribution in [0.2, 0.25) is 0 Å². The highest BCUT2D eigenvalue weighted by atomic mass is 16.5. The lowest BCUT2D eigenvalue weighted by atomic mass is 9.68. The van der Waals surface area contributed by atoms with Crippen LogP contribution in [0, 0.1) is 16.7 Å². The third-order valence-electron chi connectivity index (χ3n) is 6.33. The fraction of sp³-hybridized carbons (Fsp3) is 1.00. The predicted octanol–water partition coefficient (Wildman–Crippen LogP) is 2.33. The third kappa shape index (κ3) is 2.24. The molecule has 3 rings (SSSR count). The average Bonchev–Trinajstić information content (AvgIpc) is 2.80. The molecule has 0 aromatic rings. The molecule has 0 aromatic carbocycles. The van der Waals surface area contributed by atoms with E-state index in [1.54, 1.807) is 0 Å². The van der Waals surface area contributed by atoms with E-state index >= 15 is 0 Å². The second-order valence-electron chi connectivity index (χ2n) is 8.07. The lowest BCUT2D eigenvalue weighted by Crippen LogP contribution is -2.55. The molecular weight excluding hydrogens is 238 g/mol. The number of hydrogen-bond acceptors (Lipinski definition) is 3. The van der Waals surface area contributed by atoms with Crippen molar-refractivity contribution in [2.24, 2.45) is 16.7 Å². The highest BCUT2D eigenvalue weighted by Crippen LogP contribution is 2.62. The highest BCUT2D eigenvalue weighted by Gasteiger charge is 2.59. The summed E-state index contributed by atoms with van der Waals surface area (Å²) in [6.07, 6.45) is 5.64. The van der Waals surface area contributed by atoms with Crippen LogP contribution in [0.15, 0.2) is 0 Å². The Hall–Kier alpha value is -0.120. The summed E-state index contributed by atoms with van der Waals surface area (Å²) in [6, 6.07) is 0.547. The molecule has 3 fully saturated rings. The molecule has 2 aliphatic carbocycles. The van der Waals surface area contributed by atoms with Gasteiger partial charge in [-0.2, -0.15) is 0 Å². The van der Waals surface area contributed by atoms with Crippen LogP contribution in [0.1, 0.15) is 52.9 Å². The van der Waals surface area contributed by atoms with Crippen LogP contribution in [0.5, 0.6) is 0 Å². The Morgan fingerprint density at radius 3 is 2.42 bits per heavy atom. The second-order valence-corrected chi connectivity index (χ2v) is 8.07. The summed E-state index contributed by atoms with van der Waals surface area (Å²) in [4.78, 5) is 0. The molecule has 2 saturated carbocycles. The molecule has 3 nitrogen and oxygen atoms in total. The van der Waals surface area contributed by atoms with Crippen LogP contribution in [0.3, 0.4) is 0 Å². The van der Waals surface area contributed by atoms with Gasteiger partial charge in [0.1, 0.15) is 0 Å². The molecule has 3 heteroatoms. The maximum absolute atomic E-state index is 10.6. The number of fused-ring (bicyclic) bond motifs is 2. The number of aliphatic hydroxyl groups is 1. The van der Waals surface area contributed by atoms with E-state index in [-0.39, 0.29) is 0 Å². The van der Waals surface area contributed by atoms with E-state index in [2.05, 4.69) is 26.1 Å². The summed E-state index contributed by atoms with van der Waals surface area (Å²) in [7, 11) is 0. The maximum atomic E-state index is 10.6. The predicted molar refractivity (Wildman–Crippen MR) is 76.0 cm³/mol. The first-order chi connectivity index (χ1) is 8.86. The van der Waals surface area contributed by atoms with Crippen molar-refractivity contribution in [2.45, 2.75) is 64.5 Å². The van der Waals surface area contributed by atoms with Gasteiger partial charge in [-0.1, -0.05) is 20.8 Å². The van der Waals surface area contributed by atoms with Crippen LogP contribution < -0.4 is 5.32 Å². The van der Waals surface area contributed by atoms with Crippen molar-refractivity contribution in [2.75, 3.05) is 19.8 Å². The van der Waals surface area contributed by atoms with Gasteiger partial charge >= 0.3 is 0 Å². The summed E-state index contributed by atoms with van der Waals surface area (Å²) in [6.45, 7) is 9.39. The van der Waals surface area contributed by atoms with E-state index in [1.807, 2.05) is 0 Å². The van der Waals surface area contributed by atoms with Gasteiger partial charge in [0.25, 0.3) is 0 Å². The molecule has 3 atom stereocenters. The van der Waals surface area contributed by atoms with Gasteiger partial charge in [0.15, 0.2) is 0 Å². The smallest absolute Gasteiger partial charge is 0.0815 e. The average molecular weight is 267 g/mol. The zero-order chi connectivity index (χ0) is 13.7. The van der Waals surface area contributed by atoms with Gasteiger partial charge in [-0.3, -0.25) is 0 Å². The van der Waals surface area contributed by atoms with Crippen LogP contribution in [-0.4, -0.2) is 36.5 Å². The number of rotatable bonds is 3. The molecule has 0 aromatic heterocycles. The lowest BCUT2D eigenvalue weighted by Gasteiger charge is -2.45. The first-order valence-corrected chi connectivity index (χ1v) is 7.89. The van der Waals surface area contributed by atoms with Crippen molar-refractivity contribution in [3.05, 3.63) is 0 Å². The van der Waals surface area contributed by atoms with Crippen molar-refractivity contribution in [3.8, 4) is 0 Å². The van der Waals surface area contributed by atoms with E-state index in [0.717, 1.165) is 25.3 Å². The molecule has 2 N–H and O–H groups in total. The monoisotopic (exact) mass is 267 g/mol. The Bertz CT molecular complexity index is 344. The van der Waals surface area contributed by atoms with E-state index in [0.29, 0.717) is 30.1 Å². The Kier molecular flexibility index (Phi) is 3.23. The fourth-order valence-electron chi connectivity index (χ4n) is 5.03. The number of hydrogen-bond donors (Lipinski definition) is 2. The van der Waals surface area contributed by atoms with Crippen LogP contribution >= 0.6 is 0 Å². The molecule has 0 spiro atoms. The van der Waals surface area contributed by atoms with Crippen LogP contribution in [-0.2, 0) is 4.74 Å². The van der Waals surface area contributed by atoms with E-state index in [4.69, 9.17) is 4.74 Å². The summed E-state index contributed by atoms with van der Waals surface area (Å²) in [5.74, 6) is 0.860. The van der Waals surface area contributed by atoms with Crippen molar-refractivity contribution in [1.29, 1.82) is 0 Å². The minimum absolute atomic E-state index is 0.370. The third-order valence-corrected chi connectivity index (χ3v) is 6.33. The Labute approximate surface area is 117 Å². The molecule has 1 heterocycles. The zero-order valence-electron chi connectivity index (χ0n) is 12.7. The Morgan fingerprint density at radius 2 is 1.84 bits per heavy atom. The van der Waals surface area contributed by atoms with Crippen molar-refractivity contribution in [1.82, 2.24) is 5.32 Å². The van der Waals surface area contributed by atoms with E-state index in [9.17, 15) is 5.11 Å². The number of nitrogens with one attached hydrogen (secondary N) is 1. The fourth-order valence-corrected chi connectivity index (χ4v) is 5.03. The second kappa shape index (κ2) is 4.44. The minimum atomic E-state index is -0.549. The Morgan fingerprint density at radius 1 is 1.16 bits per heavy atom. The van der Waals surface area contributed by atoms with E-state index in [1.165, 1.54) is 19.3 Å². The van der Waals surface area contributed by atoms with Gasteiger partial charge < -0.3 is 15.2 Å². The van der Waals surface area contributed by atoms with Gasteiger partial charge in [0, 0.05) is 38.6 Å². The van der Waals surface area contributed by atoms with E-state index < -0.39 is 5.60 Å². The zero-order valence-corrected chi connectivity index (χ0v) is 12.7. The first kappa shape index (κ1) is 13.8. The van der Waals surface area contributed by atoms with Gasteiger partial charge in [0.2, 0.25) is 0 Å². The number of ether oxygens (including phenoxy) is 1. The minimum Gasteiger partial charge on any atom is -0.388 e. The highest BCUT2D eigenvalue weighted by molar-refractivity contribution is 5.12. The quantitative estimate of drug-likeness (QED) is 0.824. The molecule has 0 amide bonds. The largest absolute Gasteiger partial charge is 0.388 e. The topological polar surface area (TPSA) is 41.5 Å². The SMILES string of the molecule is CC1(C)C(NCC2(O)CCOCC2)[C@]2(C)CC[C@H]1C2. The summed E-state index contributed by atoms with van der Waals surface area (Å²) in [5, 5.41) is 14.4. The molecule has 0 radical (unpaired) electrons. The standard InChI is InChI=1S/C16H29NO2/c1-14(2)12-4-5-15(3,10-12)13(14)17-11-16(18)6-8-19-9-7-16/h12-13,17-18H,4-11H2,1-3H3/t12-,13?,15+/m0/s1. The Balaban J connectivity index is 1.66. The molecule has 110 valence electrons. The summed E-state index contributed by atoms with van der Waals surface area (Å²) >= 11 is 0. The molecule has 1 saturated heterocycles. The van der Waals surface area contributed by atoms with Crippen molar-refractivity contribution in [3.63, 3.8) is 0 Å². The van der Waals surface area contributed by atoms with Crippen molar-refractivity contribution < 1.29 is 9.84 Å². The van der Waals surface area contributed by atoms with Gasteiger partial charge in [0.05, 0.1) is 5.60 Å². The van der Waals surface area contributed by atoms with Gasteiger partial charge in [-0.05, 0) is 36.0 Å². The first-order valence-electron chi connectivity index (χ1n) is 7.89.